The second kappa shape index (κ2) is 7.79. The van der Waals surface area contributed by atoms with Crippen molar-refractivity contribution in [1.29, 1.82) is 0 Å². The van der Waals surface area contributed by atoms with E-state index < -0.39 is 0 Å². The first kappa shape index (κ1) is 20.6. The van der Waals surface area contributed by atoms with Gasteiger partial charge in [-0.2, -0.15) is 0 Å². The van der Waals surface area contributed by atoms with Gasteiger partial charge in [0.2, 0.25) is 0 Å². The highest BCUT2D eigenvalue weighted by atomic mass is 32.1. The number of hydrogen-bond donors (Lipinski definition) is 0. The Morgan fingerprint density at radius 3 is 1.97 bits per heavy atom. The predicted octanol–water partition coefficient (Wildman–Crippen LogP) is 5.91. The van der Waals surface area contributed by atoms with Crippen molar-refractivity contribution in [2.75, 3.05) is 0 Å². The number of thiophene rings is 1. The Bertz CT molecular complexity index is 1740. The van der Waals surface area contributed by atoms with Gasteiger partial charge in [-0.05, 0) is 61.0 Å². The molecule has 0 radical (unpaired) electrons. The van der Waals surface area contributed by atoms with Gasteiger partial charge in [0.1, 0.15) is 4.83 Å². The van der Waals surface area contributed by atoms with E-state index in [0.29, 0.717) is 11.1 Å². The van der Waals surface area contributed by atoms with E-state index in [9.17, 15) is 9.59 Å². The predicted molar refractivity (Wildman–Crippen MR) is 141 cm³/mol. The second-order valence-corrected chi connectivity index (χ2v) is 9.44. The molecular formula is C30H21NO2S. The Kier molecular flexibility index (Phi) is 4.71. The molecule has 3 nitrogen and oxygen atoms in total. The maximum absolute atomic E-state index is 13.2. The summed E-state index contributed by atoms with van der Waals surface area (Å²) >= 11 is 1.60. The van der Waals surface area contributed by atoms with E-state index in [-0.39, 0.29) is 17.1 Å². The molecule has 5 aromatic rings. The third kappa shape index (κ3) is 2.96. The topological polar surface area (TPSA) is 39.1 Å². The highest BCUT2D eigenvalue weighted by molar-refractivity contribution is 7.19. The van der Waals surface area contributed by atoms with Gasteiger partial charge in [-0.1, -0.05) is 54.6 Å². The Morgan fingerprint density at radius 1 is 0.765 bits per heavy atom. The van der Waals surface area contributed by atoms with Gasteiger partial charge in [0.05, 0.1) is 10.9 Å². The molecule has 0 N–H and O–H groups in total. The van der Waals surface area contributed by atoms with E-state index in [1.165, 1.54) is 0 Å². The number of allylic oxidation sites excluding steroid dienone is 1. The Morgan fingerprint density at radius 2 is 1.38 bits per heavy atom. The number of aromatic nitrogens is 1. The van der Waals surface area contributed by atoms with Gasteiger partial charge in [-0.15, -0.1) is 11.3 Å². The summed E-state index contributed by atoms with van der Waals surface area (Å²) < 4.78 is 2.25. The minimum Gasteiger partial charge on any atom is -0.301 e. The number of Topliss-reactive ketones (excluding diaryl/α,β-unsaturated/α-hetero) is 2. The fourth-order valence-corrected chi connectivity index (χ4v) is 6.05. The van der Waals surface area contributed by atoms with Crippen LogP contribution in [0.2, 0.25) is 0 Å². The molecule has 0 unspecified atom stereocenters. The third-order valence-electron chi connectivity index (χ3n) is 6.47. The fraction of sp³-hybridized carbons (Fsp3) is 0.0667. The summed E-state index contributed by atoms with van der Waals surface area (Å²) in [6.07, 6.45) is 6.01. The van der Waals surface area contributed by atoms with Crippen LogP contribution in [-0.4, -0.2) is 16.1 Å². The Hall–Kier alpha value is -4.02. The molecule has 2 heterocycles. The summed E-state index contributed by atoms with van der Waals surface area (Å²) in [5, 5.41) is 5.35. The molecule has 0 bridgehead atoms. The molecule has 0 saturated carbocycles. The molecule has 6 rings (SSSR count). The fourth-order valence-electron chi connectivity index (χ4n) is 4.90. The van der Waals surface area contributed by atoms with Gasteiger partial charge in [0.25, 0.3) is 0 Å². The van der Waals surface area contributed by atoms with Crippen molar-refractivity contribution < 1.29 is 9.59 Å². The van der Waals surface area contributed by atoms with Crippen LogP contribution < -0.4 is 10.6 Å². The van der Waals surface area contributed by atoms with E-state index in [0.717, 1.165) is 42.1 Å². The van der Waals surface area contributed by atoms with Crippen LogP contribution in [0, 0.1) is 0 Å². The van der Waals surface area contributed by atoms with E-state index in [4.69, 9.17) is 0 Å². The summed E-state index contributed by atoms with van der Waals surface area (Å²) in [6.45, 7) is 4.09. The maximum atomic E-state index is 13.2. The van der Waals surface area contributed by atoms with Gasteiger partial charge in [0.15, 0.2) is 11.6 Å². The highest BCUT2D eigenvalue weighted by Gasteiger charge is 2.33. The zero-order chi connectivity index (χ0) is 23.4. The number of hydrogen-bond acceptors (Lipinski definition) is 3. The van der Waals surface area contributed by atoms with E-state index in [2.05, 4.69) is 34.9 Å². The standard InChI is InChI=1S/C30H21NO2S/c1-3-22-25-16-21(34-30(25)31(27(22)4-2)20-12-6-5-7-13-20)17-26-28(32)23-14-18-10-8-9-11-19(18)15-24(23)29(26)33/h3-17H,1-2H3/b22-3-,27-4+. The second-order valence-electron chi connectivity index (χ2n) is 8.38. The molecule has 3 aromatic carbocycles. The maximum Gasteiger partial charge on any atom is 0.197 e. The van der Waals surface area contributed by atoms with Crippen molar-refractivity contribution in [2.45, 2.75) is 13.8 Å². The molecule has 34 heavy (non-hydrogen) atoms. The van der Waals surface area contributed by atoms with Gasteiger partial charge in [-0.3, -0.25) is 9.59 Å². The Balaban J connectivity index is 1.53. The number of para-hydroxylation sites is 1. The molecule has 1 aliphatic carbocycles. The molecule has 0 aliphatic heterocycles. The summed E-state index contributed by atoms with van der Waals surface area (Å²) in [5.74, 6) is -0.390. The molecule has 4 heteroatoms. The number of ketones is 2. The lowest BCUT2D eigenvalue weighted by atomic mass is 10.0. The number of carbonyl (C=O) groups excluding carboxylic acids is 2. The first-order valence-corrected chi connectivity index (χ1v) is 12.1. The smallest absolute Gasteiger partial charge is 0.197 e. The van der Waals surface area contributed by atoms with Crippen LogP contribution in [0.25, 0.3) is 44.9 Å². The zero-order valence-corrected chi connectivity index (χ0v) is 19.6. The minimum absolute atomic E-state index is 0.195. The number of carbonyl (C=O) groups is 2. The summed E-state index contributed by atoms with van der Waals surface area (Å²) in [4.78, 5) is 28.4. The lowest BCUT2D eigenvalue weighted by Gasteiger charge is -2.04. The molecular weight excluding hydrogens is 438 g/mol. The molecule has 0 saturated heterocycles. The Labute approximate surface area is 200 Å². The summed E-state index contributed by atoms with van der Waals surface area (Å²) in [5.41, 5.74) is 2.32. The highest BCUT2D eigenvalue weighted by Crippen LogP contribution is 2.34. The molecule has 164 valence electrons. The van der Waals surface area contributed by atoms with Crippen molar-refractivity contribution in [3.63, 3.8) is 0 Å². The molecule has 0 atom stereocenters. The van der Waals surface area contributed by atoms with Crippen molar-refractivity contribution in [3.05, 3.63) is 105 Å². The minimum atomic E-state index is -0.195. The number of benzene rings is 3. The molecule has 0 amide bonds. The number of nitrogens with zero attached hydrogens (tertiary/aromatic N) is 1. The number of fused-ring (bicyclic) bond motifs is 3. The molecule has 2 aromatic heterocycles. The van der Waals surface area contributed by atoms with Crippen LogP contribution in [0.5, 0.6) is 0 Å². The van der Waals surface area contributed by atoms with Gasteiger partial charge in [-0.25, -0.2) is 0 Å². The third-order valence-corrected chi connectivity index (χ3v) is 7.54. The monoisotopic (exact) mass is 459 g/mol. The van der Waals surface area contributed by atoms with Gasteiger partial charge in [0, 0.05) is 32.3 Å². The van der Waals surface area contributed by atoms with E-state index >= 15 is 0 Å². The molecule has 0 fully saturated rings. The van der Waals surface area contributed by atoms with Crippen molar-refractivity contribution in [3.8, 4) is 5.69 Å². The van der Waals surface area contributed by atoms with Crippen LogP contribution >= 0.6 is 11.3 Å². The number of rotatable bonds is 2. The van der Waals surface area contributed by atoms with E-state index in [1.54, 1.807) is 17.4 Å². The summed E-state index contributed by atoms with van der Waals surface area (Å²) in [7, 11) is 0. The van der Waals surface area contributed by atoms with Crippen LogP contribution in [-0.2, 0) is 0 Å². The first-order valence-electron chi connectivity index (χ1n) is 11.3. The SMILES string of the molecule is C/C=c1\c(=C/C)n(-c2ccccc2)c2sc(C=C3C(=O)c4cc5ccccc5cc4C3=O)cc12. The first-order chi connectivity index (χ1) is 16.6. The normalized spacial score (nSPS) is 14.6. The van der Waals surface area contributed by atoms with Crippen LogP contribution in [0.4, 0.5) is 0 Å². The van der Waals surface area contributed by atoms with E-state index in [1.807, 2.05) is 68.4 Å². The van der Waals surface area contributed by atoms with Crippen molar-refractivity contribution in [2.24, 2.45) is 0 Å². The largest absolute Gasteiger partial charge is 0.301 e. The van der Waals surface area contributed by atoms with Crippen molar-refractivity contribution in [1.82, 2.24) is 4.57 Å². The average molecular weight is 460 g/mol. The van der Waals surface area contributed by atoms with Crippen LogP contribution in [0.15, 0.2) is 78.4 Å². The quantitative estimate of drug-likeness (QED) is 0.243. The zero-order valence-electron chi connectivity index (χ0n) is 18.8. The average Bonchev–Trinajstić information content (AvgIpc) is 3.47. The lowest BCUT2D eigenvalue weighted by Crippen LogP contribution is -2.27. The van der Waals surface area contributed by atoms with Crippen LogP contribution in [0.1, 0.15) is 39.4 Å². The molecule has 1 aliphatic rings. The molecule has 0 spiro atoms. The lowest BCUT2D eigenvalue weighted by molar-refractivity contribution is 0.0990. The summed E-state index contributed by atoms with van der Waals surface area (Å²) in [6, 6.07) is 23.8. The van der Waals surface area contributed by atoms with Gasteiger partial charge < -0.3 is 4.57 Å². The van der Waals surface area contributed by atoms with Crippen molar-refractivity contribution >= 4 is 62.1 Å². The van der Waals surface area contributed by atoms with Gasteiger partial charge >= 0.3 is 0 Å². The van der Waals surface area contributed by atoms with Crippen LogP contribution in [0.3, 0.4) is 0 Å².